The van der Waals surface area contributed by atoms with Crippen LogP contribution in [0.5, 0.6) is 0 Å². The maximum atomic E-state index is 5.76. The summed E-state index contributed by atoms with van der Waals surface area (Å²) >= 11 is 0. The van der Waals surface area contributed by atoms with Crippen LogP contribution in [-0.4, -0.2) is 34.7 Å². The molecule has 1 aliphatic heterocycles. The van der Waals surface area contributed by atoms with Crippen molar-refractivity contribution in [2.24, 2.45) is 11.1 Å². The molecule has 0 bridgehead atoms. The number of aromatic nitrogens is 2. The summed E-state index contributed by atoms with van der Waals surface area (Å²) in [4.78, 5) is 2.43. The molecule has 1 unspecified atom stereocenters. The molecule has 1 aromatic rings. The Kier molecular flexibility index (Phi) is 2.56. The zero-order valence-electron chi connectivity index (χ0n) is 8.66. The van der Waals surface area contributed by atoms with Gasteiger partial charge in [0.05, 0.1) is 0 Å². The molecule has 0 aromatic carbocycles. The van der Waals surface area contributed by atoms with E-state index in [0.29, 0.717) is 5.41 Å². The van der Waals surface area contributed by atoms with E-state index in [-0.39, 0.29) is 0 Å². The van der Waals surface area contributed by atoms with Gasteiger partial charge in [0.2, 0.25) is 0 Å². The third-order valence-electron chi connectivity index (χ3n) is 3.08. The first-order valence-corrected chi connectivity index (χ1v) is 5.12. The van der Waals surface area contributed by atoms with Crippen LogP contribution in [0.1, 0.15) is 19.0 Å². The second kappa shape index (κ2) is 3.71. The number of rotatable bonds is 3. The van der Waals surface area contributed by atoms with Gasteiger partial charge in [-0.25, -0.2) is 0 Å². The monoisotopic (exact) mass is 194 g/mol. The van der Waals surface area contributed by atoms with E-state index in [0.717, 1.165) is 26.2 Å². The van der Waals surface area contributed by atoms with Crippen LogP contribution in [0.3, 0.4) is 0 Å². The van der Waals surface area contributed by atoms with Gasteiger partial charge in [-0.15, -0.1) is 0 Å². The standard InChI is InChI=1S/C10H18N4/c1-10(7-11)3-5-14(8-10)6-9-2-4-12-13-9/h2,4H,3,5-8,11H2,1H3,(H,12,13). The van der Waals surface area contributed by atoms with Crippen molar-refractivity contribution in [3.63, 3.8) is 0 Å². The van der Waals surface area contributed by atoms with Crippen LogP contribution in [0, 0.1) is 5.41 Å². The van der Waals surface area contributed by atoms with Gasteiger partial charge in [-0.3, -0.25) is 10.00 Å². The average Bonchev–Trinajstić information content (AvgIpc) is 2.78. The summed E-state index contributed by atoms with van der Waals surface area (Å²) in [5, 5.41) is 6.93. The molecular formula is C10H18N4. The van der Waals surface area contributed by atoms with E-state index >= 15 is 0 Å². The number of H-pyrrole nitrogens is 1. The molecule has 0 spiro atoms. The lowest BCUT2D eigenvalue weighted by Gasteiger charge is -2.22. The highest BCUT2D eigenvalue weighted by atomic mass is 15.2. The molecule has 0 saturated carbocycles. The van der Waals surface area contributed by atoms with E-state index in [1.165, 1.54) is 12.1 Å². The second-order valence-corrected chi connectivity index (χ2v) is 4.56. The largest absolute Gasteiger partial charge is 0.330 e. The van der Waals surface area contributed by atoms with Gasteiger partial charge >= 0.3 is 0 Å². The van der Waals surface area contributed by atoms with E-state index in [1.54, 1.807) is 6.20 Å². The molecule has 3 N–H and O–H groups in total. The number of hydrogen-bond donors (Lipinski definition) is 2. The van der Waals surface area contributed by atoms with Gasteiger partial charge in [0.25, 0.3) is 0 Å². The van der Waals surface area contributed by atoms with Crippen molar-refractivity contribution in [3.05, 3.63) is 18.0 Å². The highest BCUT2D eigenvalue weighted by Gasteiger charge is 2.32. The molecule has 4 heteroatoms. The van der Waals surface area contributed by atoms with Crippen molar-refractivity contribution >= 4 is 0 Å². The quantitative estimate of drug-likeness (QED) is 0.740. The number of nitrogens with two attached hydrogens (primary N) is 1. The maximum Gasteiger partial charge on any atom is 0.0492 e. The molecule has 78 valence electrons. The predicted octanol–water partition coefficient (Wildman–Crippen LogP) is 0.580. The maximum absolute atomic E-state index is 5.76. The van der Waals surface area contributed by atoms with E-state index in [2.05, 4.69) is 22.0 Å². The van der Waals surface area contributed by atoms with E-state index in [1.807, 2.05) is 6.07 Å². The Morgan fingerprint density at radius 1 is 1.71 bits per heavy atom. The Labute approximate surface area is 84.5 Å². The summed E-state index contributed by atoms with van der Waals surface area (Å²) in [6.45, 7) is 6.26. The Morgan fingerprint density at radius 3 is 3.14 bits per heavy atom. The van der Waals surface area contributed by atoms with Gasteiger partial charge in [-0.2, -0.15) is 5.10 Å². The van der Waals surface area contributed by atoms with Crippen LogP contribution < -0.4 is 5.73 Å². The molecule has 1 fully saturated rings. The lowest BCUT2D eigenvalue weighted by molar-refractivity contribution is 0.272. The van der Waals surface area contributed by atoms with E-state index in [4.69, 9.17) is 5.73 Å². The summed E-state index contributed by atoms with van der Waals surface area (Å²) in [5.41, 5.74) is 7.26. The first-order chi connectivity index (χ1) is 6.72. The van der Waals surface area contributed by atoms with Gasteiger partial charge in [-0.1, -0.05) is 6.92 Å². The zero-order valence-corrected chi connectivity index (χ0v) is 8.66. The number of hydrogen-bond acceptors (Lipinski definition) is 3. The highest BCUT2D eigenvalue weighted by molar-refractivity contribution is 4.99. The minimum atomic E-state index is 0.319. The smallest absolute Gasteiger partial charge is 0.0492 e. The molecule has 1 atom stereocenters. The Hall–Kier alpha value is -0.870. The average molecular weight is 194 g/mol. The molecule has 1 aliphatic rings. The minimum absolute atomic E-state index is 0.319. The SMILES string of the molecule is CC1(CN)CCN(Cc2ccn[nH]2)C1. The van der Waals surface area contributed by atoms with Crippen LogP contribution in [0.4, 0.5) is 0 Å². The van der Waals surface area contributed by atoms with Crippen LogP contribution in [-0.2, 0) is 6.54 Å². The molecule has 1 saturated heterocycles. The first-order valence-electron chi connectivity index (χ1n) is 5.12. The first kappa shape index (κ1) is 9.68. The third-order valence-corrected chi connectivity index (χ3v) is 3.08. The van der Waals surface area contributed by atoms with Crippen molar-refractivity contribution in [2.45, 2.75) is 19.9 Å². The van der Waals surface area contributed by atoms with Crippen molar-refractivity contribution in [1.82, 2.24) is 15.1 Å². The summed E-state index contributed by atoms with van der Waals surface area (Å²) in [6.07, 6.45) is 3.01. The topological polar surface area (TPSA) is 57.9 Å². The molecule has 0 aliphatic carbocycles. The van der Waals surface area contributed by atoms with Crippen LogP contribution in [0.2, 0.25) is 0 Å². The van der Waals surface area contributed by atoms with Gasteiger partial charge in [-0.05, 0) is 31.0 Å². The zero-order chi connectivity index (χ0) is 10.0. The number of nitrogens with one attached hydrogen (secondary N) is 1. The second-order valence-electron chi connectivity index (χ2n) is 4.56. The van der Waals surface area contributed by atoms with E-state index in [9.17, 15) is 0 Å². The number of aromatic amines is 1. The summed E-state index contributed by atoms with van der Waals surface area (Å²) in [6, 6.07) is 2.03. The molecular weight excluding hydrogens is 176 g/mol. The van der Waals surface area contributed by atoms with Crippen molar-refractivity contribution in [2.75, 3.05) is 19.6 Å². The number of likely N-dealkylation sites (tertiary alicyclic amines) is 1. The summed E-state index contributed by atoms with van der Waals surface area (Å²) < 4.78 is 0. The Balaban J connectivity index is 1.90. The molecule has 2 heterocycles. The number of nitrogens with zero attached hydrogens (tertiary/aromatic N) is 2. The summed E-state index contributed by atoms with van der Waals surface area (Å²) in [7, 11) is 0. The fraction of sp³-hybridized carbons (Fsp3) is 0.700. The molecule has 0 radical (unpaired) electrons. The lowest BCUT2D eigenvalue weighted by atomic mass is 9.90. The third kappa shape index (κ3) is 1.96. The van der Waals surface area contributed by atoms with E-state index < -0.39 is 0 Å². The minimum Gasteiger partial charge on any atom is -0.330 e. The van der Waals surface area contributed by atoms with Crippen molar-refractivity contribution in [3.8, 4) is 0 Å². The Bertz CT molecular complexity index is 282. The van der Waals surface area contributed by atoms with Gasteiger partial charge in [0, 0.05) is 25.0 Å². The molecule has 1 aromatic heterocycles. The fourth-order valence-electron chi connectivity index (χ4n) is 2.04. The van der Waals surface area contributed by atoms with Gasteiger partial charge in [0.1, 0.15) is 0 Å². The normalized spacial score (nSPS) is 28.4. The molecule has 14 heavy (non-hydrogen) atoms. The van der Waals surface area contributed by atoms with Crippen LogP contribution >= 0.6 is 0 Å². The highest BCUT2D eigenvalue weighted by Crippen LogP contribution is 2.29. The van der Waals surface area contributed by atoms with Gasteiger partial charge < -0.3 is 5.73 Å². The lowest BCUT2D eigenvalue weighted by Crippen LogP contribution is -2.31. The van der Waals surface area contributed by atoms with Gasteiger partial charge in [0.15, 0.2) is 0 Å². The fourth-order valence-corrected chi connectivity index (χ4v) is 2.04. The predicted molar refractivity (Wildman–Crippen MR) is 55.6 cm³/mol. The molecule has 2 rings (SSSR count). The Morgan fingerprint density at radius 2 is 2.57 bits per heavy atom. The van der Waals surface area contributed by atoms with Crippen LogP contribution in [0.25, 0.3) is 0 Å². The van der Waals surface area contributed by atoms with Crippen LogP contribution in [0.15, 0.2) is 12.3 Å². The van der Waals surface area contributed by atoms with Crippen molar-refractivity contribution < 1.29 is 0 Å². The summed E-state index contributed by atoms with van der Waals surface area (Å²) in [5.74, 6) is 0. The molecule has 0 amide bonds. The molecule has 4 nitrogen and oxygen atoms in total. The van der Waals surface area contributed by atoms with Crippen molar-refractivity contribution in [1.29, 1.82) is 0 Å².